The number of rotatable bonds is 2. The lowest BCUT2D eigenvalue weighted by atomic mass is 10.1. The number of carboxylic acids is 1. The maximum atomic E-state index is 10.5. The molecule has 60 valence electrons. The maximum Gasteiger partial charge on any atom is 0.311 e. The van der Waals surface area contributed by atoms with Crippen LogP contribution < -0.4 is 0 Å². The molecule has 0 unspecified atom stereocenters. The van der Waals surface area contributed by atoms with Crippen molar-refractivity contribution >= 4 is 28.9 Å². The Morgan fingerprint density at radius 1 is 1.73 bits per heavy atom. The van der Waals surface area contributed by atoms with E-state index in [-0.39, 0.29) is 0 Å². The van der Waals surface area contributed by atoms with Crippen LogP contribution in [0.25, 0.3) is 0 Å². The SMILES string of the molecule is C[C@H](C(=O)O)c1ccc(Cl)s1. The molecule has 0 aliphatic carbocycles. The van der Waals surface area contributed by atoms with E-state index >= 15 is 0 Å². The first kappa shape index (κ1) is 8.56. The molecule has 1 aromatic heterocycles. The second kappa shape index (κ2) is 3.24. The fraction of sp³-hybridized carbons (Fsp3) is 0.286. The predicted octanol–water partition coefficient (Wildman–Crippen LogP) is 2.59. The first-order valence-electron chi connectivity index (χ1n) is 3.09. The van der Waals surface area contributed by atoms with Crippen molar-refractivity contribution in [3.63, 3.8) is 0 Å². The summed E-state index contributed by atoms with van der Waals surface area (Å²) in [5.74, 6) is -1.27. The normalized spacial score (nSPS) is 12.9. The van der Waals surface area contributed by atoms with Crippen LogP contribution in [-0.4, -0.2) is 11.1 Å². The third-order valence-corrected chi connectivity index (χ3v) is 2.81. The average Bonchev–Trinajstić information content (AvgIpc) is 2.34. The number of carboxylic acid groups (broad SMARTS) is 1. The fourth-order valence-corrected chi connectivity index (χ4v) is 1.79. The first-order chi connectivity index (χ1) is 5.11. The largest absolute Gasteiger partial charge is 0.481 e. The molecule has 0 aliphatic rings. The Kier molecular flexibility index (Phi) is 2.52. The van der Waals surface area contributed by atoms with Gasteiger partial charge < -0.3 is 5.11 Å². The molecule has 1 atom stereocenters. The third kappa shape index (κ3) is 1.94. The van der Waals surface area contributed by atoms with Gasteiger partial charge in [-0.15, -0.1) is 11.3 Å². The van der Waals surface area contributed by atoms with Crippen LogP contribution in [0.3, 0.4) is 0 Å². The molecule has 0 saturated carbocycles. The Morgan fingerprint density at radius 3 is 2.73 bits per heavy atom. The highest BCUT2D eigenvalue weighted by molar-refractivity contribution is 7.16. The van der Waals surface area contributed by atoms with Crippen LogP contribution in [0, 0.1) is 0 Å². The minimum absolute atomic E-state index is 0.451. The van der Waals surface area contributed by atoms with Crippen LogP contribution >= 0.6 is 22.9 Å². The molecule has 1 aromatic rings. The Labute approximate surface area is 73.4 Å². The molecule has 1 rings (SSSR count). The van der Waals surface area contributed by atoms with Gasteiger partial charge in [0.2, 0.25) is 0 Å². The van der Waals surface area contributed by atoms with E-state index in [9.17, 15) is 4.79 Å². The van der Waals surface area contributed by atoms with Gasteiger partial charge in [-0.3, -0.25) is 4.79 Å². The summed E-state index contributed by atoms with van der Waals surface area (Å²) in [5, 5.41) is 8.61. The second-order valence-corrected chi connectivity index (χ2v) is 3.95. The molecule has 0 aliphatic heterocycles. The number of halogens is 1. The van der Waals surface area contributed by atoms with Crippen LogP contribution in [0.1, 0.15) is 17.7 Å². The molecule has 0 radical (unpaired) electrons. The molecule has 11 heavy (non-hydrogen) atoms. The molecule has 1 heterocycles. The summed E-state index contributed by atoms with van der Waals surface area (Å²) in [6.45, 7) is 1.64. The van der Waals surface area contributed by atoms with Crippen LogP contribution in [0.4, 0.5) is 0 Å². The lowest BCUT2D eigenvalue weighted by Crippen LogP contribution is -2.04. The van der Waals surface area contributed by atoms with Crippen LogP contribution in [0.5, 0.6) is 0 Å². The van der Waals surface area contributed by atoms with Crippen LogP contribution in [0.2, 0.25) is 4.34 Å². The van der Waals surface area contributed by atoms with E-state index in [2.05, 4.69) is 0 Å². The van der Waals surface area contributed by atoms with E-state index in [4.69, 9.17) is 16.7 Å². The molecule has 0 fully saturated rings. The van der Waals surface area contributed by atoms with E-state index < -0.39 is 11.9 Å². The minimum atomic E-state index is -0.816. The van der Waals surface area contributed by atoms with Crippen molar-refractivity contribution in [2.45, 2.75) is 12.8 Å². The van der Waals surface area contributed by atoms with Gasteiger partial charge in [-0.1, -0.05) is 11.6 Å². The van der Waals surface area contributed by atoms with Gasteiger partial charge in [-0.2, -0.15) is 0 Å². The highest BCUT2D eigenvalue weighted by Crippen LogP contribution is 2.27. The molecule has 0 amide bonds. The highest BCUT2D eigenvalue weighted by Gasteiger charge is 2.14. The highest BCUT2D eigenvalue weighted by atomic mass is 35.5. The summed E-state index contributed by atoms with van der Waals surface area (Å²) in [7, 11) is 0. The van der Waals surface area contributed by atoms with Crippen LogP contribution in [-0.2, 0) is 4.79 Å². The number of hydrogen-bond donors (Lipinski definition) is 1. The molecule has 4 heteroatoms. The van der Waals surface area contributed by atoms with Gasteiger partial charge in [-0.05, 0) is 19.1 Å². The van der Waals surface area contributed by atoms with E-state index in [0.29, 0.717) is 4.34 Å². The summed E-state index contributed by atoms with van der Waals surface area (Å²) in [6, 6.07) is 3.45. The molecule has 0 spiro atoms. The molecule has 1 N–H and O–H groups in total. The third-order valence-electron chi connectivity index (χ3n) is 1.39. The van der Waals surface area contributed by atoms with E-state index in [1.54, 1.807) is 19.1 Å². The lowest BCUT2D eigenvalue weighted by Gasteiger charge is -1.99. The van der Waals surface area contributed by atoms with Gasteiger partial charge in [0.1, 0.15) is 0 Å². The molecule has 0 aromatic carbocycles. The topological polar surface area (TPSA) is 37.3 Å². The van der Waals surface area contributed by atoms with Crippen LogP contribution in [0.15, 0.2) is 12.1 Å². The standard InChI is InChI=1S/C7H7ClO2S/c1-4(7(9)10)5-2-3-6(8)11-5/h2-4H,1H3,(H,9,10)/t4-/m0/s1. The van der Waals surface area contributed by atoms with Crippen molar-refractivity contribution in [2.24, 2.45) is 0 Å². The van der Waals surface area contributed by atoms with Crippen molar-refractivity contribution < 1.29 is 9.90 Å². The van der Waals surface area contributed by atoms with Gasteiger partial charge in [0.05, 0.1) is 10.3 Å². The van der Waals surface area contributed by atoms with E-state index in [1.165, 1.54) is 11.3 Å². The molecule has 2 nitrogen and oxygen atoms in total. The zero-order valence-electron chi connectivity index (χ0n) is 5.87. The predicted molar refractivity (Wildman–Crippen MR) is 45.4 cm³/mol. The molecular weight excluding hydrogens is 184 g/mol. The smallest absolute Gasteiger partial charge is 0.311 e. The van der Waals surface area contributed by atoms with Gasteiger partial charge >= 0.3 is 5.97 Å². The van der Waals surface area contributed by atoms with E-state index in [0.717, 1.165) is 4.88 Å². The van der Waals surface area contributed by atoms with Gasteiger partial charge in [0.15, 0.2) is 0 Å². The quantitative estimate of drug-likeness (QED) is 0.779. The number of hydrogen-bond acceptors (Lipinski definition) is 2. The Hall–Kier alpha value is -0.540. The molecule has 0 bridgehead atoms. The monoisotopic (exact) mass is 190 g/mol. The summed E-state index contributed by atoms with van der Waals surface area (Å²) in [6.07, 6.45) is 0. The van der Waals surface area contributed by atoms with Crippen molar-refractivity contribution in [2.75, 3.05) is 0 Å². The summed E-state index contributed by atoms with van der Waals surface area (Å²) in [4.78, 5) is 11.3. The Balaban J connectivity index is 2.84. The van der Waals surface area contributed by atoms with Crippen molar-refractivity contribution in [3.8, 4) is 0 Å². The van der Waals surface area contributed by atoms with Crippen molar-refractivity contribution in [1.29, 1.82) is 0 Å². The number of aliphatic carboxylic acids is 1. The van der Waals surface area contributed by atoms with Crippen molar-refractivity contribution in [1.82, 2.24) is 0 Å². The first-order valence-corrected chi connectivity index (χ1v) is 4.28. The fourth-order valence-electron chi connectivity index (χ4n) is 0.683. The number of carbonyl (C=O) groups is 1. The molecule has 0 saturated heterocycles. The van der Waals surface area contributed by atoms with Gasteiger partial charge in [0, 0.05) is 4.88 Å². The maximum absolute atomic E-state index is 10.5. The van der Waals surface area contributed by atoms with E-state index in [1.807, 2.05) is 0 Å². The molecular formula is C7H7ClO2S. The second-order valence-electron chi connectivity index (χ2n) is 2.20. The summed E-state index contributed by atoms with van der Waals surface area (Å²) in [5.41, 5.74) is 0. The zero-order valence-corrected chi connectivity index (χ0v) is 7.45. The average molecular weight is 191 g/mol. The van der Waals surface area contributed by atoms with Gasteiger partial charge in [0.25, 0.3) is 0 Å². The Bertz CT molecular complexity index is 269. The van der Waals surface area contributed by atoms with Gasteiger partial charge in [-0.25, -0.2) is 0 Å². The lowest BCUT2D eigenvalue weighted by molar-refractivity contribution is -0.138. The summed E-state index contributed by atoms with van der Waals surface area (Å²) >= 11 is 6.94. The number of thiophene rings is 1. The summed E-state index contributed by atoms with van der Waals surface area (Å²) < 4.78 is 0.633. The van der Waals surface area contributed by atoms with Crippen molar-refractivity contribution in [3.05, 3.63) is 21.3 Å². The zero-order chi connectivity index (χ0) is 8.43. The minimum Gasteiger partial charge on any atom is -0.481 e. The Morgan fingerprint density at radius 2 is 2.36 bits per heavy atom.